The number of rotatable bonds is 7. The zero-order valence-electron chi connectivity index (χ0n) is 12.5. The summed E-state index contributed by atoms with van der Waals surface area (Å²) in [5.74, 6) is 1.64. The molecule has 0 aliphatic carbocycles. The number of hydrogen-bond acceptors (Lipinski definition) is 4. The molecule has 0 fully saturated rings. The van der Waals surface area contributed by atoms with Gasteiger partial charge in [-0.1, -0.05) is 0 Å². The van der Waals surface area contributed by atoms with Crippen LogP contribution in [0.15, 0.2) is 28.9 Å². The molecule has 0 saturated heterocycles. The molecule has 0 aliphatic rings. The average Bonchev–Trinajstić information content (AvgIpc) is 2.84. The summed E-state index contributed by atoms with van der Waals surface area (Å²) < 4.78 is 13.3. The Balaban J connectivity index is 2.20. The van der Waals surface area contributed by atoms with Gasteiger partial charge in [-0.25, -0.2) is 4.98 Å². The quantitative estimate of drug-likeness (QED) is 0.775. The van der Waals surface area contributed by atoms with Crippen LogP contribution in [0.1, 0.15) is 12.1 Å². The normalized spacial score (nSPS) is 10.7. The van der Waals surface area contributed by atoms with Crippen LogP contribution < -0.4 is 10.1 Å². The van der Waals surface area contributed by atoms with Gasteiger partial charge in [-0.2, -0.15) is 0 Å². The Bertz CT molecular complexity index is 599. The van der Waals surface area contributed by atoms with Gasteiger partial charge in [0.2, 0.25) is 5.95 Å². The monoisotopic (exact) mass is 353 g/mol. The highest BCUT2D eigenvalue weighted by Gasteiger charge is 2.09. The van der Waals surface area contributed by atoms with Crippen molar-refractivity contribution >= 4 is 21.9 Å². The summed E-state index contributed by atoms with van der Waals surface area (Å²) in [6.45, 7) is 3.54. The number of hydrogen-bond donors (Lipinski definition) is 1. The van der Waals surface area contributed by atoms with Gasteiger partial charge in [-0.15, -0.1) is 0 Å². The number of aryl methyl sites for hydroxylation is 1. The Morgan fingerprint density at radius 2 is 2.14 bits per heavy atom. The van der Waals surface area contributed by atoms with Crippen molar-refractivity contribution in [1.82, 2.24) is 9.55 Å². The molecule has 1 N–H and O–H groups in total. The van der Waals surface area contributed by atoms with Crippen molar-refractivity contribution in [2.45, 2.75) is 13.3 Å². The second kappa shape index (κ2) is 7.47. The van der Waals surface area contributed by atoms with E-state index in [1.54, 1.807) is 14.2 Å². The Morgan fingerprint density at radius 3 is 2.81 bits per heavy atom. The molecule has 2 rings (SSSR count). The predicted molar refractivity (Wildman–Crippen MR) is 87.5 cm³/mol. The number of imidazole rings is 1. The molecule has 114 valence electrons. The van der Waals surface area contributed by atoms with Crippen molar-refractivity contribution in [2.24, 2.45) is 0 Å². The Morgan fingerprint density at radius 1 is 1.33 bits per heavy atom. The molecule has 0 radical (unpaired) electrons. The third kappa shape index (κ3) is 3.98. The molecular formula is C15H20BrN3O2. The minimum absolute atomic E-state index is 0.737. The fourth-order valence-corrected chi connectivity index (χ4v) is 2.57. The van der Waals surface area contributed by atoms with Gasteiger partial charge in [0.15, 0.2) is 0 Å². The minimum Gasteiger partial charge on any atom is -0.496 e. The molecule has 0 atom stereocenters. The van der Waals surface area contributed by atoms with E-state index >= 15 is 0 Å². The number of halogens is 1. The molecule has 0 spiro atoms. The van der Waals surface area contributed by atoms with Gasteiger partial charge in [-0.3, -0.25) is 4.57 Å². The molecule has 21 heavy (non-hydrogen) atoms. The van der Waals surface area contributed by atoms with Gasteiger partial charge in [0.05, 0.1) is 17.3 Å². The lowest BCUT2D eigenvalue weighted by atomic mass is 10.3. The smallest absolute Gasteiger partial charge is 0.207 e. The van der Waals surface area contributed by atoms with Crippen molar-refractivity contribution in [2.75, 3.05) is 32.7 Å². The zero-order valence-corrected chi connectivity index (χ0v) is 14.1. The summed E-state index contributed by atoms with van der Waals surface area (Å²) >= 11 is 3.51. The van der Waals surface area contributed by atoms with Crippen molar-refractivity contribution in [3.05, 3.63) is 34.6 Å². The van der Waals surface area contributed by atoms with Gasteiger partial charge in [0.1, 0.15) is 5.75 Å². The molecule has 0 amide bonds. The highest BCUT2D eigenvalue weighted by atomic mass is 79.9. The lowest BCUT2D eigenvalue weighted by Crippen LogP contribution is -2.09. The van der Waals surface area contributed by atoms with Gasteiger partial charge in [0, 0.05) is 32.1 Å². The summed E-state index contributed by atoms with van der Waals surface area (Å²) in [5.41, 5.74) is 1.99. The number of nitrogens with zero attached hydrogens (tertiary/aromatic N) is 2. The first-order chi connectivity index (χ1) is 10.2. The van der Waals surface area contributed by atoms with Crippen LogP contribution in [-0.4, -0.2) is 36.9 Å². The first-order valence-electron chi connectivity index (χ1n) is 6.78. The van der Waals surface area contributed by atoms with Gasteiger partial charge in [0.25, 0.3) is 0 Å². The standard InChI is InChI=1S/C15H20BrN3O2/c1-11-10-19(15(18-11)17-7-4-8-20-2)12-5-6-14(21-3)13(16)9-12/h5-6,9-10H,4,7-8H2,1-3H3,(H,17,18). The van der Waals surface area contributed by atoms with E-state index < -0.39 is 0 Å². The Hall–Kier alpha value is -1.53. The molecule has 0 unspecified atom stereocenters. The largest absolute Gasteiger partial charge is 0.496 e. The third-order valence-electron chi connectivity index (χ3n) is 3.05. The maximum absolute atomic E-state index is 5.26. The molecule has 1 aromatic carbocycles. The van der Waals surface area contributed by atoms with E-state index in [1.807, 2.05) is 35.9 Å². The number of nitrogens with one attached hydrogen (secondary N) is 1. The first kappa shape index (κ1) is 15.9. The average molecular weight is 354 g/mol. The predicted octanol–water partition coefficient (Wildman–Crippen LogP) is 3.40. The number of anilines is 1. The molecule has 6 heteroatoms. The number of benzene rings is 1. The van der Waals surface area contributed by atoms with Crippen molar-refractivity contribution in [3.63, 3.8) is 0 Å². The topological polar surface area (TPSA) is 48.3 Å². The summed E-state index contributed by atoms with van der Waals surface area (Å²) in [6, 6.07) is 5.95. The van der Waals surface area contributed by atoms with Crippen LogP contribution in [-0.2, 0) is 4.74 Å². The van der Waals surface area contributed by atoms with Gasteiger partial charge < -0.3 is 14.8 Å². The number of methoxy groups -OCH3 is 2. The van der Waals surface area contributed by atoms with Crippen LogP contribution in [0.25, 0.3) is 5.69 Å². The molecule has 5 nitrogen and oxygen atoms in total. The van der Waals surface area contributed by atoms with Crippen molar-refractivity contribution < 1.29 is 9.47 Å². The maximum Gasteiger partial charge on any atom is 0.207 e. The van der Waals surface area contributed by atoms with Crippen LogP contribution in [0, 0.1) is 6.92 Å². The second-order valence-corrected chi connectivity index (χ2v) is 5.52. The highest BCUT2D eigenvalue weighted by molar-refractivity contribution is 9.10. The van der Waals surface area contributed by atoms with E-state index in [0.717, 1.165) is 47.1 Å². The van der Waals surface area contributed by atoms with Gasteiger partial charge >= 0.3 is 0 Å². The third-order valence-corrected chi connectivity index (χ3v) is 3.67. The summed E-state index contributed by atoms with van der Waals surface area (Å²) in [5, 5.41) is 3.34. The number of aromatic nitrogens is 2. The van der Waals surface area contributed by atoms with Crippen LogP contribution in [0.4, 0.5) is 5.95 Å². The van der Waals surface area contributed by atoms with Crippen LogP contribution >= 0.6 is 15.9 Å². The summed E-state index contributed by atoms with van der Waals surface area (Å²) in [4.78, 5) is 4.52. The van der Waals surface area contributed by atoms with Crippen molar-refractivity contribution in [1.29, 1.82) is 0 Å². The van der Waals surface area contributed by atoms with Crippen LogP contribution in [0.3, 0.4) is 0 Å². The molecule has 1 aromatic heterocycles. The number of ether oxygens (including phenoxy) is 2. The zero-order chi connectivity index (χ0) is 15.2. The lowest BCUT2D eigenvalue weighted by Gasteiger charge is -2.11. The summed E-state index contributed by atoms with van der Waals surface area (Å²) in [6.07, 6.45) is 2.95. The highest BCUT2D eigenvalue weighted by Crippen LogP contribution is 2.28. The molecule has 0 bridgehead atoms. The van der Waals surface area contributed by atoms with Crippen molar-refractivity contribution in [3.8, 4) is 11.4 Å². The van der Waals surface area contributed by atoms with Crippen LogP contribution in [0.2, 0.25) is 0 Å². The molecule has 1 heterocycles. The molecule has 0 aliphatic heterocycles. The fraction of sp³-hybridized carbons (Fsp3) is 0.400. The minimum atomic E-state index is 0.737. The molecular weight excluding hydrogens is 334 g/mol. The molecule has 0 saturated carbocycles. The van der Waals surface area contributed by atoms with Gasteiger partial charge in [-0.05, 0) is 47.5 Å². The second-order valence-electron chi connectivity index (χ2n) is 4.67. The van der Waals surface area contributed by atoms with Crippen LogP contribution in [0.5, 0.6) is 5.75 Å². The lowest BCUT2D eigenvalue weighted by molar-refractivity contribution is 0.197. The van der Waals surface area contributed by atoms with E-state index in [-0.39, 0.29) is 0 Å². The van der Waals surface area contributed by atoms with E-state index in [9.17, 15) is 0 Å². The van der Waals surface area contributed by atoms with E-state index in [0.29, 0.717) is 0 Å². The fourth-order valence-electron chi connectivity index (χ4n) is 2.04. The Kier molecular flexibility index (Phi) is 5.64. The molecule has 2 aromatic rings. The van der Waals surface area contributed by atoms with E-state index in [2.05, 4.69) is 26.2 Å². The van der Waals surface area contributed by atoms with E-state index in [4.69, 9.17) is 9.47 Å². The first-order valence-corrected chi connectivity index (χ1v) is 7.57. The van der Waals surface area contributed by atoms with E-state index in [1.165, 1.54) is 0 Å². The SMILES string of the molecule is COCCCNc1nc(C)cn1-c1ccc(OC)c(Br)c1. The summed E-state index contributed by atoms with van der Waals surface area (Å²) in [7, 11) is 3.36. The maximum atomic E-state index is 5.26. The Labute approximate surface area is 133 Å².